The van der Waals surface area contributed by atoms with E-state index in [1.54, 1.807) is 24.3 Å². The number of nitro groups is 1. The van der Waals surface area contributed by atoms with Gasteiger partial charge in [-0.25, -0.2) is 4.39 Å². The SMILES string of the molecule is O=[N+]([O-])c1cc([C@H]2Nc3ccccc3-c3nnc(SCc4ccccc4F)nc3O2)ccc1Cl. The third-order valence-corrected chi connectivity index (χ3v) is 6.32. The van der Waals surface area contributed by atoms with Crippen molar-refractivity contribution >= 4 is 34.7 Å². The van der Waals surface area contributed by atoms with Crippen molar-refractivity contribution in [1.82, 2.24) is 15.2 Å². The summed E-state index contributed by atoms with van der Waals surface area (Å²) in [6, 6.07) is 18.3. The number of halogens is 2. The lowest BCUT2D eigenvalue weighted by atomic mass is 10.1. The van der Waals surface area contributed by atoms with E-state index in [0.717, 1.165) is 0 Å². The molecule has 2 heterocycles. The molecule has 8 nitrogen and oxygen atoms in total. The molecular formula is C23H15ClFN5O3S. The summed E-state index contributed by atoms with van der Waals surface area (Å²) in [5, 5.41) is 23.5. The number of ether oxygens (including phenoxy) is 1. The molecule has 0 unspecified atom stereocenters. The van der Waals surface area contributed by atoms with E-state index in [0.29, 0.717) is 39.0 Å². The number of nitrogens with one attached hydrogen (secondary N) is 1. The van der Waals surface area contributed by atoms with Gasteiger partial charge in [0.25, 0.3) is 5.69 Å². The highest BCUT2D eigenvalue weighted by Gasteiger charge is 2.27. The van der Waals surface area contributed by atoms with E-state index in [4.69, 9.17) is 16.3 Å². The van der Waals surface area contributed by atoms with Gasteiger partial charge in [0, 0.05) is 28.6 Å². The van der Waals surface area contributed by atoms with E-state index in [1.807, 2.05) is 24.3 Å². The third kappa shape index (κ3) is 4.37. The fourth-order valence-electron chi connectivity index (χ4n) is 3.45. The van der Waals surface area contributed by atoms with Crippen LogP contribution in [0, 0.1) is 15.9 Å². The van der Waals surface area contributed by atoms with Crippen molar-refractivity contribution in [3.63, 3.8) is 0 Å². The molecule has 0 radical (unpaired) electrons. The summed E-state index contributed by atoms with van der Waals surface area (Å²) in [4.78, 5) is 15.3. The lowest BCUT2D eigenvalue weighted by Crippen LogP contribution is -2.17. The molecule has 1 aliphatic heterocycles. The monoisotopic (exact) mass is 495 g/mol. The molecule has 1 aromatic heterocycles. The first-order valence-electron chi connectivity index (χ1n) is 10.1. The van der Waals surface area contributed by atoms with E-state index in [1.165, 1.54) is 30.0 Å². The number of anilines is 1. The van der Waals surface area contributed by atoms with Crippen molar-refractivity contribution in [1.29, 1.82) is 0 Å². The molecule has 1 N–H and O–H groups in total. The summed E-state index contributed by atoms with van der Waals surface area (Å²) in [6.07, 6.45) is -0.806. The summed E-state index contributed by atoms with van der Waals surface area (Å²) in [7, 11) is 0. The zero-order chi connectivity index (χ0) is 23.7. The minimum absolute atomic E-state index is 0.0268. The first-order chi connectivity index (χ1) is 16.5. The predicted octanol–water partition coefficient (Wildman–Crippen LogP) is 6.03. The number of hydrogen-bond acceptors (Lipinski definition) is 8. The van der Waals surface area contributed by atoms with Gasteiger partial charge < -0.3 is 10.1 Å². The number of rotatable bonds is 5. The molecule has 0 saturated heterocycles. The van der Waals surface area contributed by atoms with Crippen LogP contribution in [-0.2, 0) is 5.75 Å². The van der Waals surface area contributed by atoms with Gasteiger partial charge >= 0.3 is 0 Å². The molecule has 1 atom stereocenters. The molecule has 0 amide bonds. The maximum Gasteiger partial charge on any atom is 0.288 e. The van der Waals surface area contributed by atoms with Crippen molar-refractivity contribution in [3.8, 4) is 17.1 Å². The normalized spacial score (nSPS) is 14.2. The fourth-order valence-corrected chi connectivity index (χ4v) is 4.40. The minimum Gasteiger partial charge on any atom is -0.448 e. The second-order valence-corrected chi connectivity index (χ2v) is 8.63. The van der Waals surface area contributed by atoms with E-state index in [2.05, 4.69) is 20.5 Å². The quantitative estimate of drug-likeness (QED) is 0.203. The maximum atomic E-state index is 14.0. The van der Waals surface area contributed by atoms with E-state index >= 15 is 0 Å². The second kappa shape index (κ2) is 9.24. The Morgan fingerprint density at radius 3 is 2.74 bits per heavy atom. The lowest BCUT2D eigenvalue weighted by Gasteiger charge is -2.19. The van der Waals surface area contributed by atoms with Gasteiger partial charge in [-0.2, -0.15) is 4.98 Å². The molecule has 0 spiro atoms. The molecule has 0 fully saturated rings. The number of nitrogens with zero attached hydrogens (tertiary/aromatic N) is 4. The minimum atomic E-state index is -0.806. The van der Waals surface area contributed by atoms with Crippen LogP contribution in [0.5, 0.6) is 5.88 Å². The van der Waals surface area contributed by atoms with Crippen molar-refractivity contribution in [2.45, 2.75) is 17.1 Å². The van der Waals surface area contributed by atoms with Crippen LogP contribution in [0.4, 0.5) is 15.8 Å². The zero-order valence-electron chi connectivity index (χ0n) is 17.3. The summed E-state index contributed by atoms with van der Waals surface area (Å²) < 4.78 is 20.1. The Bertz CT molecular complexity index is 1410. The molecule has 34 heavy (non-hydrogen) atoms. The molecule has 1 aliphatic rings. The number of hydrogen-bond donors (Lipinski definition) is 1. The molecule has 5 rings (SSSR count). The Morgan fingerprint density at radius 1 is 1.12 bits per heavy atom. The van der Waals surface area contributed by atoms with Crippen molar-refractivity contribution < 1.29 is 14.1 Å². The highest BCUT2D eigenvalue weighted by Crippen LogP contribution is 2.40. The van der Waals surface area contributed by atoms with E-state index in [9.17, 15) is 14.5 Å². The molecule has 11 heteroatoms. The van der Waals surface area contributed by atoms with Crippen LogP contribution < -0.4 is 10.1 Å². The van der Waals surface area contributed by atoms with Crippen LogP contribution >= 0.6 is 23.4 Å². The topological polar surface area (TPSA) is 103 Å². The maximum absolute atomic E-state index is 14.0. The van der Waals surface area contributed by atoms with Gasteiger partial charge in [0.1, 0.15) is 10.8 Å². The van der Waals surface area contributed by atoms with E-state index < -0.39 is 11.2 Å². The highest BCUT2D eigenvalue weighted by atomic mass is 35.5. The first kappa shape index (κ1) is 22.1. The second-order valence-electron chi connectivity index (χ2n) is 7.28. The van der Waals surface area contributed by atoms with Gasteiger partial charge in [0.05, 0.1) is 4.92 Å². The number of fused-ring (bicyclic) bond motifs is 3. The van der Waals surface area contributed by atoms with Gasteiger partial charge in [0.2, 0.25) is 11.0 Å². The lowest BCUT2D eigenvalue weighted by molar-refractivity contribution is -0.384. The molecule has 0 bridgehead atoms. The van der Waals surface area contributed by atoms with Crippen LogP contribution in [0.25, 0.3) is 11.3 Å². The van der Waals surface area contributed by atoms with Crippen LogP contribution in [0.1, 0.15) is 17.4 Å². The third-order valence-electron chi connectivity index (χ3n) is 5.12. The van der Waals surface area contributed by atoms with Gasteiger partial charge in [-0.05, 0) is 23.8 Å². The van der Waals surface area contributed by atoms with Gasteiger partial charge in [-0.1, -0.05) is 65.8 Å². The summed E-state index contributed by atoms with van der Waals surface area (Å²) in [5.41, 5.74) is 2.61. The molecular weight excluding hydrogens is 481 g/mol. The number of aromatic nitrogens is 3. The van der Waals surface area contributed by atoms with Gasteiger partial charge in [-0.3, -0.25) is 10.1 Å². The Kier molecular flexibility index (Phi) is 5.99. The van der Waals surface area contributed by atoms with Gasteiger partial charge in [0.15, 0.2) is 11.9 Å². The highest BCUT2D eigenvalue weighted by molar-refractivity contribution is 7.98. The largest absolute Gasteiger partial charge is 0.448 e. The van der Waals surface area contributed by atoms with Crippen LogP contribution in [0.15, 0.2) is 71.9 Å². The zero-order valence-corrected chi connectivity index (χ0v) is 18.9. The molecule has 4 aromatic rings. The Morgan fingerprint density at radius 2 is 1.91 bits per heavy atom. The fraction of sp³-hybridized carbons (Fsp3) is 0.0870. The van der Waals surface area contributed by atoms with Gasteiger partial charge in [-0.15, -0.1) is 10.2 Å². The van der Waals surface area contributed by atoms with Crippen LogP contribution in [-0.4, -0.2) is 20.1 Å². The molecule has 3 aromatic carbocycles. The number of para-hydroxylation sites is 1. The van der Waals surface area contributed by atoms with Crippen LogP contribution in [0.2, 0.25) is 5.02 Å². The average Bonchev–Trinajstić information content (AvgIpc) is 3.00. The number of nitro benzene ring substituents is 1. The summed E-state index contributed by atoms with van der Waals surface area (Å²) in [6.45, 7) is 0. The Balaban J connectivity index is 1.51. The number of benzene rings is 3. The first-order valence-corrected chi connectivity index (χ1v) is 11.4. The standard InChI is InChI=1S/C23H15ClFN5O3S/c24-16-10-9-13(11-19(16)30(31)32)21-26-18-8-4-2-6-15(18)20-22(33-21)27-23(29-28-20)34-12-14-5-1-3-7-17(14)25/h1-11,21,26H,12H2/t21-/m0/s1. The van der Waals surface area contributed by atoms with E-state index in [-0.39, 0.29) is 22.4 Å². The Hall–Kier alpha value is -3.76. The summed E-state index contributed by atoms with van der Waals surface area (Å²) in [5.74, 6) is 0.206. The summed E-state index contributed by atoms with van der Waals surface area (Å²) >= 11 is 7.20. The predicted molar refractivity (Wildman–Crippen MR) is 126 cm³/mol. The number of thioether (sulfide) groups is 1. The van der Waals surface area contributed by atoms with Crippen molar-refractivity contribution in [2.75, 3.05) is 5.32 Å². The molecule has 170 valence electrons. The van der Waals surface area contributed by atoms with Crippen LogP contribution in [0.3, 0.4) is 0 Å². The van der Waals surface area contributed by atoms with Crippen molar-refractivity contribution in [2.24, 2.45) is 0 Å². The molecule has 0 saturated carbocycles. The average molecular weight is 496 g/mol. The van der Waals surface area contributed by atoms with Crippen molar-refractivity contribution in [3.05, 3.63) is 98.8 Å². The Labute approximate surface area is 202 Å². The smallest absolute Gasteiger partial charge is 0.288 e. The molecule has 0 aliphatic carbocycles.